The second-order valence-electron chi connectivity index (χ2n) is 3.81. The number of nitrogens with zero attached hydrogens (tertiary/aromatic N) is 1. The summed E-state index contributed by atoms with van der Waals surface area (Å²) in [5.41, 5.74) is 0. The van der Waals surface area contributed by atoms with E-state index >= 15 is 0 Å². The predicted molar refractivity (Wildman–Crippen MR) is 53.5 cm³/mol. The van der Waals surface area contributed by atoms with Crippen LogP contribution in [0.1, 0.15) is 20.3 Å². The lowest BCUT2D eigenvalue weighted by Gasteiger charge is -2.18. The van der Waals surface area contributed by atoms with Gasteiger partial charge >= 0.3 is 6.03 Å². The number of hydrogen-bond acceptors (Lipinski definition) is 1. The van der Waals surface area contributed by atoms with Gasteiger partial charge in [0.05, 0.1) is 0 Å². The minimum atomic E-state index is 0.0387. The van der Waals surface area contributed by atoms with Crippen molar-refractivity contribution in [2.75, 3.05) is 13.1 Å². The lowest BCUT2D eigenvalue weighted by Crippen LogP contribution is -2.41. The summed E-state index contributed by atoms with van der Waals surface area (Å²) >= 11 is 0. The Hall–Kier alpha value is -0.990. The van der Waals surface area contributed by atoms with Gasteiger partial charge in [0.15, 0.2) is 0 Å². The van der Waals surface area contributed by atoms with E-state index in [1.807, 2.05) is 11.8 Å². The number of nitrogens with one attached hydrogen (secondary N) is 1. The largest absolute Gasteiger partial charge is 0.332 e. The third kappa shape index (κ3) is 2.76. The minimum Gasteiger partial charge on any atom is -0.332 e. The molecule has 2 amide bonds. The van der Waals surface area contributed by atoms with Crippen LogP contribution in [0.2, 0.25) is 0 Å². The van der Waals surface area contributed by atoms with E-state index in [0.29, 0.717) is 5.92 Å². The molecule has 1 heterocycles. The maximum atomic E-state index is 11.5. The molecule has 0 aromatic carbocycles. The number of carbonyl (C=O) groups excluding carboxylic acids is 1. The molecular weight excluding hydrogens is 164 g/mol. The van der Waals surface area contributed by atoms with Crippen molar-refractivity contribution in [3.05, 3.63) is 12.7 Å². The smallest absolute Gasteiger partial charge is 0.317 e. The quantitative estimate of drug-likeness (QED) is 0.646. The summed E-state index contributed by atoms with van der Waals surface area (Å²) in [6.45, 7) is 9.48. The lowest BCUT2D eigenvalue weighted by atomic mass is 10.2. The Labute approximate surface area is 79.8 Å². The zero-order chi connectivity index (χ0) is 9.84. The van der Waals surface area contributed by atoms with E-state index in [4.69, 9.17) is 0 Å². The summed E-state index contributed by atoms with van der Waals surface area (Å²) in [4.78, 5) is 13.4. The molecule has 74 valence electrons. The molecule has 1 rings (SSSR count). The van der Waals surface area contributed by atoms with Gasteiger partial charge in [0.1, 0.15) is 0 Å². The van der Waals surface area contributed by atoms with Crippen LogP contribution in [-0.4, -0.2) is 30.1 Å². The first kappa shape index (κ1) is 10.1. The van der Waals surface area contributed by atoms with E-state index in [2.05, 4.69) is 18.8 Å². The fourth-order valence-corrected chi connectivity index (χ4v) is 1.46. The summed E-state index contributed by atoms with van der Waals surface area (Å²) < 4.78 is 0. The van der Waals surface area contributed by atoms with Crippen molar-refractivity contribution < 1.29 is 4.79 Å². The number of urea groups is 1. The third-order valence-electron chi connectivity index (χ3n) is 2.42. The van der Waals surface area contributed by atoms with E-state index in [1.165, 1.54) is 0 Å². The Morgan fingerprint density at radius 1 is 1.77 bits per heavy atom. The molecule has 0 saturated carbocycles. The van der Waals surface area contributed by atoms with Gasteiger partial charge in [-0.25, -0.2) is 4.79 Å². The highest BCUT2D eigenvalue weighted by Crippen LogP contribution is 2.14. The Morgan fingerprint density at radius 3 is 2.92 bits per heavy atom. The summed E-state index contributed by atoms with van der Waals surface area (Å²) in [6.07, 6.45) is 2.85. The second kappa shape index (κ2) is 4.30. The summed E-state index contributed by atoms with van der Waals surface area (Å²) in [5, 5.41) is 2.86. The standard InChI is InChI=1S/C10H18N2O/c1-4-9(3)11-10(13)12-6-5-8(2)7-12/h4,8-9H,1,5-7H2,2-3H3,(H,11,13). The van der Waals surface area contributed by atoms with E-state index in [0.717, 1.165) is 19.5 Å². The molecule has 1 fully saturated rings. The van der Waals surface area contributed by atoms with E-state index in [-0.39, 0.29) is 12.1 Å². The van der Waals surface area contributed by atoms with Gasteiger partial charge in [-0.15, -0.1) is 6.58 Å². The molecule has 0 aromatic heterocycles. The maximum Gasteiger partial charge on any atom is 0.317 e. The van der Waals surface area contributed by atoms with Gasteiger partial charge < -0.3 is 10.2 Å². The van der Waals surface area contributed by atoms with E-state index in [1.54, 1.807) is 6.08 Å². The number of rotatable bonds is 2. The van der Waals surface area contributed by atoms with Gasteiger partial charge in [-0.1, -0.05) is 13.0 Å². The van der Waals surface area contributed by atoms with Crippen LogP contribution in [0.4, 0.5) is 4.79 Å². The molecule has 0 bridgehead atoms. The van der Waals surface area contributed by atoms with Gasteiger partial charge in [-0.3, -0.25) is 0 Å². The molecule has 1 aliphatic rings. The maximum absolute atomic E-state index is 11.5. The molecule has 3 heteroatoms. The Bertz CT molecular complexity index is 203. The SMILES string of the molecule is C=CC(C)NC(=O)N1CCC(C)C1. The number of likely N-dealkylation sites (tertiary alicyclic amines) is 1. The average molecular weight is 182 g/mol. The minimum absolute atomic E-state index is 0.0387. The van der Waals surface area contributed by atoms with Gasteiger partial charge in [0, 0.05) is 19.1 Å². The van der Waals surface area contributed by atoms with Gasteiger partial charge in [-0.2, -0.15) is 0 Å². The van der Waals surface area contributed by atoms with Crippen molar-refractivity contribution >= 4 is 6.03 Å². The van der Waals surface area contributed by atoms with Crippen LogP contribution in [0.15, 0.2) is 12.7 Å². The summed E-state index contributed by atoms with van der Waals surface area (Å²) in [6, 6.07) is 0.0974. The van der Waals surface area contributed by atoms with Crippen molar-refractivity contribution in [2.45, 2.75) is 26.3 Å². The fraction of sp³-hybridized carbons (Fsp3) is 0.700. The molecule has 0 radical (unpaired) electrons. The van der Waals surface area contributed by atoms with Crippen LogP contribution in [0.3, 0.4) is 0 Å². The first-order valence-electron chi connectivity index (χ1n) is 4.81. The zero-order valence-electron chi connectivity index (χ0n) is 8.42. The fourth-order valence-electron chi connectivity index (χ4n) is 1.46. The molecule has 13 heavy (non-hydrogen) atoms. The number of carbonyl (C=O) groups is 1. The highest BCUT2D eigenvalue weighted by Gasteiger charge is 2.23. The highest BCUT2D eigenvalue weighted by atomic mass is 16.2. The zero-order valence-corrected chi connectivity index (χ0v) is 8.42. The number of hydrogen-bond donors (Lipinski definition) is 1. The normalized spacial score (nSPS) is 24.2. The van der Waals surface area contributed by atoms with Crippen molar-refractivity contribution in [3.63, 3.8) is 0 Å². The van der Waals surface area contributed by atoms with Crippen LogP contribution in [-0.2, 0) is 0 Å². The topological polar surface area (TPSA) is 32.3 Å². The molecule has 2 atom stereocenters. The predicted octanol–water partition coefficient (Wildman–Crippen LogP) is 1.61. The first-order chi connectivity index (χ1) is 6.13. The van der Waals surface area contributed by atoms with Crippen LogP contribution >= 0.6 is 0 Å². The summed E-state index contributed by atoms with van der Waals surface area (Å²) in [7, 11) is 0. The third-order valence-corrected chi connectivity index (χ3v) is 2.42. The molecular formula is C10H18N2O. The molecule has 3 nitrogen and oxygen atoms in total. The molecule has 1 aliphatic heterocycles. The molecule has 0 aromatic rings. The Balaban J connectivity index is 2.35. The molecule has 2 unspecified atom stereocenters. The Morgan fingerprint density at radius 2 is 2.46 bits per heavy atom. The van der Waals surface area contributed by atoms with E-state index in [9.17, 15) is 4.79 Å². The average Bonchev–Trinajstić information content (AvgIpc) is 2.51. The van der Waals surface area contributed by atoms with Crippen molar-refractivity contribution in [2.24, 2.45) is 5.92 Å². The highest BCUT2D eigenvalue weighted by molar-refractivity contribution is 5.75. The van der Waals surface area contributed by atoms with Crippen molar-refractivity contribution in [3.8, 4) is 0 Å². The van der Waals surface area contributed by atoms with Gasteiger partial charge in [-0.05, 0) is 19.3 Å². The van der Waals surface area contributed by atoms with Crippen molar-refractivity contribution in [1.29, 1.82) is 0 Å². The van der Waals surface area contributed by atoms with E-state index < -0.39 is 0 Å². The summed E-state index contributed by atoms with van der Waals surface area (Å²) in [5.74, 6) is 0.643. The molecule has 0 aliphatic carbocycles. The second-order valence-corrected chi connectivity index (χ2v) is 3.81. The monoisotopic (exact) mass is 182 g/mol. The first-order valence-corrected chi connectivity index (χ1v) is 4.81. The molecule has 1 N–H and O–H groups in total. The van der Waals surface area contributed by atoms with Crippen LogP contribution in [0.5, 0.6) is 0 Å². The lowest BCUT2D eigenvalue weighted by molar-refractivity contribution is 0.206. The van der Waals surface area contributed by atoms with Crippen LogP contribution < -0.4 is 5.32 Å². The van der Waals surface area contributed by atoms with Crippen LogP contribution in [0.25, 0.3) is 0 Å². The van der Waals surface area contributed by atoms with Crippen LogP contribution in [0, 0.1) is 5.92 Å². The molecule has 1 saturated heterocycles. The van der Waals surface area contributed by atoms with Crippen molar-refractivity contribution in [1.82, 2.24) is 10.2 Å². The molecule has 0 spiro atoms. The number of amides is 2. The van der Waals surface area contributed by atoms with Gasteiger partial charge in [0.2, 0.25) is 0 Å². The Kier molecular flexibility index (Phi) is 3.34. The van der Waals surface area contributed by atoms with Gasteiger partial charge in [0.25, 0.3) is 0 Å².